The number of hydrogen-bond acceptors (Lipinski definition) is 4. The van der Waals surface area contributed by atoms with E-state index in [0.717, 1.165) is 5.56 Å². The van der Waals surface area contributed by atoms with Gasteiger partial charge in [-0.2, -0.15) is 13.2 Å². The van der Waals surface area contributed by atoms with E-state index in [4.69, 9.17) is 9.84 Å². The highest BCUT2D eigenvalue weighted by atomic mass is 19.4. The lowest BCUT2D eigenvalue weighted by molar-refractivity contribution is -0.141. The zero-order valence-corrected chi connectivity index (χ0v) is 18.4. The van der Waals surface area contributed by atoms with E-state index >= 15 is 0 Å². The number of aromatic carboxylic acids is 2. The van der Waals surface area contributed by atoms with E-state index in [2.05, 4.69) is 9.97 Å². The Kier molecular flexibility index (Phi) is 7.29. The minimum absolute atomic E-state index is 0.0226. The number of carboxylic acid groups (broad SMARTS) is 2. The fourth-order valence-corrected chi connectivity index (χ4v) is 3.64. The second-order valence-corrected chi connectivity index (χ2v) is 7.81. The predicted octanol–water partition coefficient (Wildman–Crippen LogP) is 5.64. The quantitative estimate of drug-likeness (QED) is 0.368. The second kappa shape index (κ2) is 9.98. The summed E-state index contributed by atoms with van der Waals surface area (Å²) >= 11 is 0. The van der Waals surface area contributed by atoms with Crippen molar-refractivity contribution in [1.29, 1.82) is 0 Å². The van der Waals surface area contributed by atoms with Gasteiger partial charge in [0.25, 0.3) is 0 Å². The van der Waals surface area contributed by atoms with Gasteiger partial charge in [0.2, 0.25) is 0 Å². The maximum Gasteiger partial charge on any atom is 0.433 e. The Balaban J connectivity index is 1.83. The van der Waals surface area contributed by atoms with Crippen LogP contribution in [0.2, 0.25) is 0 Å². The molecule has 3 aromatic rings. The van der Waals surface area contributed by atoms with Gasteiger partial charge in [0, 0.05) is 11.5 Å². The van der Waals surface area contributed by atoms with E-state index in [0.29, 0.717) is 29.7 Å². The Morgan fingerprint density at radius 2 is 1.76 bits per heavy atom. The first-order chi connectivity index (χ1) is 16.0. The summed E-state index contributed by atoms with van der Waals surface area (Å²) in [7, 11) is 0. The Labute approximate surface area is 193 Å². The van der Waals surface area contributed by atoms with Crippen LogP contribution >= 0.6 is 0 Å². The summed E-state index contributed by atoms with van der Waals surface area (Å²) in [5.74, 6) is -3.03. The smallest absolute Gasteiger partial charge is 0.433 e. The van der Waals surface area contributed by atoms with Crippen molar-refractivity contribution in [2.75, 3.05) is 0 Å². The summed E-state index contributed by atoms with van der Waals surface area (Å²) in [5.41, 5.74) is -0.353. The molecular formula is C24H23F3N2O5. The van der Waals surface area contributed by atoms with Crippen molar-refractivity contribution in [1.82, 2.24) is 9.97 Å². The Hall–Kier alpha value is -3.82. The van der Waals surface area contributed by atoms with E-state index in [1.807, 2.05) is 6.92 Å². The number of carboxylic acids is 2. The number of H-pyrrole nitrogens is 1. The number of halogens is 3. The molecule has 1 atom stereocenters. The Morgan fingerprint density at radius 3 is 2.29 bits per heavy atom. The van der Waals surface area contributed by atoms with E-state index in [1.54, 1.807) is 49.4 Å². The number of aromatic amines is 1. The zero-order valence-electron chi connectivity index (χ0n) is 18.4. The fourth-order valence-electron chi connectivity index (χ4n) is 3.64. The van der Waals surface area contributed by atoms with Crippen molar-refractivity contribution in [2.45, 2.75) is 45.4 Å². The number of carbonyl (C=O) groups is 2. The molecule has 1 unspecified atom stereocenters. The molecule has 10 heteroatoms. The van der Waals surface area contributed by atoms with E-state index in [1.165, 1.54) is 0 Å². The molecule has 0 aliphatic carbocycles. The number of rotatable bonds is 9. The van der Waals surface area contributed by atoms with Gasteiger partial charge < -0.3 is 19.9 Å². The molecule has 3 rings (SSSR count). The highest BCUT2D eigenvalue weighted by Gasteiger charge is 2.40. The number of ether oxygens (including phenoxy) is 1. The van der Waals surface area contributed by atoms with Gasteiger partial charge in [0.1, 0.15) is 18.2 Å². The topological polar surface area (TPSA) is 113 Å². The maximum absolute atomic E-state index is 13.3. The van der Waals surface area contributed by atoms with Crippen molar-refractivity contribution >= 4 is 11.9 Å². The highest BCUT2D eigenvalue weighted by molar-refractivity contribution is 5.89. The minimum Gasteiger partial charge on any atom is -0.489 e. The average Bonchev–Trinajstić information content (AvgIpc) is 3.23. The molecule has 1 heterocycles. The number of benzene rings is 2. The first-order valence-electron chi connectivity index (χ1n) is 10.5. The van der Waals surface area contributed by atoms with Gasteiger partial charge in [-0.3, -0.25) is 0 Å². The summed E-state index contributed by atoms with van der Waals surface area (Å²) in [6, 6.07) is 11.6. The van der Waals surface area contributed by atoms with Crippen LogP contribution in [-0.2, 0) is 12.8 Å². The van der Waals surface area contributed by atoms with Gasteiger partial charge >= 0.3 is 18.1 Å². The van der Waals surface area contributed by atoms with Crippen LogP contribution < -0.4 is 4.74 Å². The molecular weight excluding hydrogens is 453 g/mol. The molecule has 0 bridgehead atoms. The molecule has 180 valence electrons. The Bertz CT molecular complexity index is 1190. The first kappa shape index (κ1) is 24.8. The Morgan fingerprint density at radius 1 is 1.09 bits per heavy atom. The van der Waals surface area contributed by atoms with E-state index < -0.39 is 35.4 Å². The van der Waals surface area contributed by atoms with Gasteiger partial charge in [-0.1, -0.05) is 43.2 Å². The lowest BCUT2D eigenvalue weighted by Crippen LogP contribution is -2.12. The number of nitrogens with one attached hydrogen (secondary N) is 1. The second-order valence-electron chi connectivity index (χ2n) is 7.81. The standard InChI is InChI=1S/C24H23F3N2O5/c1-3-4-17(21-28-19(23(32)33)20(29-21)24(25,26)27)14-7-9-16(10-8-14)34-12-15-6-5-13(2)11-18(15)22(30)31/h5-11,17H,3-4,12H2,1-2H3,(H,28,29)(H,30,31)(H,32,33). The van der Waals surface area contributed by atoms with Crippen molar-refractivity contribution < 1.29 is 37.7 Å². The monoisotopic (exact) mass is 476 g/mol. The molecule has 0 aliphatic heterocycles. The summed E-state index contributed by atoms with van der Waals surface area (Å²) in [6.07, 6.45) is -3.81. The molecule has 34 heavy (non-hydrogen) atoms. The summed E-state index contributed by atoms with van der Waals surface area (Å²) in [5, 5.41) is 18.5. The molecule has 3 N–H and O–H groups in total. The van der Waals surface area contributed by atoms with Crippen molar-refractivity contribution in [2.24, 2.45) is 0 Å². The number of aryl methyl sites for hydroxylation is 1. The van der Waals surface area contributed by atoms with Crippen LogP contribution in [0.5, 0.6) is 5.75 Å². The van der Waals surface area contributed by atoms with Crippen molar-refractivity contribution in [3.05, 3.63) is 81.9 Å². The molecule has 0 fully saturated rings. The molecule has 0 amide bonds. The van der Waals surface area contributed by atoms with Gasteiger partial charge in [0.15, 0.2) is 11.4 Å². The SMILES string of the molecule is CCCC(c1ccc(OCc2ccc(C)cc2C(=O)O)cc1)c1nc(C(=O)O)c(C(F)(F)F)[nH]1. The van der Waals surface area contributed by atoms with Crippen LogP contribution in [0.4, 0.5) is 13.2 Å². The lowest BCUT2D eigenvalue weighted by Gasteiger charge is -2.15. The molecule has 2 aromatic carbocycles. The van der Waals surface area contributed by atoms with Gasteiger partial charge in [-0.25, -0.2) is 14.6 Å². The van der Waals surface area contributed by atoms with Gasteiger partial charge in [0.05, 0.1) is 5.56 Å². The van der Waals surface area contributed by atoms with Crippen LogP contribution in [0.15, 0.2) is 42.5 Å². The normalized spacial score (nSPS) is 12.4. The van der Waals surface area contributed by atoms with Crippen LogP contribution in [0.3, 0.4) is 0 Å². The minimum atomic E-state index is -4.88. The first-order valence-corrected chi connectivity index (χ1v) is 10.5. The van der Waals surface area contributed by atoms with Gasteiger partial charge in [-0.05, 0) is 37.1 Å². The average molecular weight is 476 g/mol. The van der Waals surface area contributed by atoms with Crippen LogP contribution in [0, 0.1) is 6.92 Å². The number of imidazole rings is 1. The van der Waals surface area contributed by atoms with E-state index in [9.17, 15) is 27.9 Å². The number of alkyl halides is 3. The van der Waals surface area contributed by atoms with Crippen LogP contribution in [-0.4, -0.2) is 32.1 Å². The molecule has 1 aromatic heterocycles. The molecule has 0 spiro atoms. The predicted molar refractivity (Wildman–Crippen MR) is 116 cm³/mol. The number of nitrogens with zero attached hydrogens (tertiary/aromatic N) is 1. The highest BCUT2D eigenvalue weighted by Crippen LogP contribution is 2.35. The van der Waals surface area contributed by atoms with Crippen LogP contribution in [0.1, 0.15) is 74.7 Å². The fraction of sp³-hybridized carbons (Fsp3) is 0.292. The van der Waals surface area contributed by atoms with Crippen molar-refractivity contribution in [3.63, 3.8) is 0 Å². The third-order valence-electron chi connectivity index (χ3n) is 5.29. The zero-order chi connectivity index (χ0) is 25.0. The number of aromatic nitrogens is 2. The summed E-state index contributed by atoms with van der Waals surface area (Å²) in [4.78, 5) is 28.6. The number of hydrogen-bond donors (Lipinski definition) is 3. The molecule has 0 radical (unpaired) electrons. The third-order valence-corrected chi connectivity index (χ3v) is 5.29. The molecule has 0 saturated carbocycles. The summed E-state index contributed by atoms with van der Waals surface area (Å²) < 4.78 is 45.5. The van der Waals surface area contributed by atoms with Gasteiger partial charge in [-0.15, -0.1) is 0 Å². The molecule has 7 nitrogen and oxygen atoms in total. The largest absolute Gasteiger partial charge is 0.489 e. The summed E-state index contributed by atoms with van der Waals surface area (Å²) in [6.45, 7) is 3.67. The van der Waals surface area contributed by atoms with Crippen molar-refractivity contribution in [3.8, 4) is 5.75 Å². The van der Waals surface area contributed by atoms with E-state index in [-0.39, 0.29) is 18.0 Å². The molecule has 0 saturated heterocycles. The molecule has 0 aliphatic rings. The third kappa shape index (κ3) is 5.56. The maximum atomic E-state index is 13.3. The lowest BCUT2D eigenvalue weighted by atomic mass is 9.94. The van der Waals surface area contributed by atoms with Crippen LogP contribution in [0.25, 0.3) is 0 Å².